The molecular weight excluding hydrogens is 335 g/mol. The van der Waals surface area contributed by atoms with E-state index in [1.807, 2.05) is 13.0 Å². The van der Waals surface area contributed by atoms with Crippen LogP contribution in [0.25, 0.3) is 0 Å². The molecule has 104 valence electrons. The lowest BCUT2D eigenvalue weighted by Gasteiger charge is -2.25. The number of nitrogens with zero attached hydrogens (tertiary/aromatic N) is 1. The van der Waals surface area contributed by atoms with Crippen molar-refractivity contribution in [3.8, 4) is 0 Å². The van der Waals surface area contributed by atoms with Gasteiger partial charge in [-0.25, -0.2) is 12.8 Å². The normalized spacial score (nSPS) is 17.3. The smallest absolute Gasteiger partial charge is 0.246 e. The first-order chi connectivity index (χ1) is 8.82. The zero-order valence-corrected chi connectivity index (χ0v) is 12.8. The lowest BCUT2D eigenvalue weighted by molar-refractivity contribution is 0.427. The third-order valence-electron chi connectivity index (χ3n) is 3.07. The highest BCUT2D eigenvalue weighted by Gasteiger charge is 2.28. The molecule has 0 spiro atoms. The van der Waals surface area contributed by atoms with Crippen molar-refractivity contribution in [3.05, 3.63) is 34.1 Å². The Labute approximate surface area is 120 Å². The molecule has 4 nitrogen and oxygen atoms in total. The molecule has 0 saturated heterocycles. The molecule has 0 amide bonds. The zero-order chi connectivity index (χ0) is 14.2. The van der Waals surface area contributed by atoms with E-state index in [0.29, 0.717) is 17.4 Å². The molecule has 1 heterocycles. The Hall–Kier alpha value is -0.920. The molecule has 1 aliphatic heterocycles. The Morgan fingerprint density at radius 1 is 1.42 bits per heavy atom. The molecule has 1 aliphatic rings. The van der Waals surface area contributed by atoms with E-state index in [9.17, 15) is 12.8 Å². The number of rotatable bonds is 2. The maximum Gasteiger partial charge on any atom is 0.246 e. The topological polar surface area (TPSA) is 63.4 Å². The Morgan fingerprint density at radius 3 is 2.68 bits per heavy atom. The van der Waals surface area contributed by atoms with Crippen molar-refractivity contribution in [1.82, 2.24) is 4.31 Å². The molecule has 1 aromatic carbocycles. The summed E-state index contributed by atoms with van der Waals surface area (Å²) < 4.78 is 40.2. The van der Waals surface area contributed by atoms with Gasteiger partial charge in [0.25, 0.3) is 0 Å². The molecule has 0 fully saturated rings. The van der Waals surface area contributed by atoms with Crippen LogP contribution in [0.2, 0.25) is 0 Å². The van der Waals surface area contributed by atoms with Crippen molar-refractivity contribution in [1.29, 1.82) is 0 Å². The van der Waals surface area contributed by atoms with Crippen LogP contribution in [-0.2, 0) is 10.0 Å². The monoisotopic (exact) mass is 348 g/mol. The number of benzene rings is 1. The average Bonchev–Trinajstić information content (AvgIpc) is 2.34. The first-order valence-electron chi connectivity index (χ1n) is 5.72. The Morgan fingerprint density at radius 2 is 2.11 bits per heavy atom. The highest BCUT2D eigenvalue weighted by molar-refractivity contribution is 9.10. The maximum absolute atomic E-state index is 13.9. The van der Waals surface area contributed by atoms with Gasteiger partial charge in [-0.1, -0.05) is 11.6 Å². The van der Waals surface area contributed by atoms with E-state index in [1.165, 1.54) is 4.31 Å². The fourth-order valence-corrected chi connectivity index (χ4v) is 3.63. The van der Waals surface area contributed by atoms with E-state index in [-0.39, 0.29) is 17.1 Å². The zero-order valence-electron chi connectivity index (χ0n) is 10.4. The molecule has 19 heavy (non-hydrogen) atoms. The van der Waals surface area contributed by atoms with Gasteiger partial charge in [-0.15, -0.1) is 0 Å². The molecule has 1 aromatic rings. The third kappa shape index (κ3) is 2.82. The quantitative estimate of drug-likeness (QED) is 0.659. The lowest BCUT2D eigenvalue weighted by atomic mass is 10.1. The summed E-state index contributed by atoms with van der Waals surface area (Å²) in [6.45, 7) is 2.58. The van der Waals surface area contributed by atoms with Gasteiger partial charge >= 0.3 is 0 Å². The van der Waals surface area contributed by atoms with Crippen LogP contribution in [0, 0.1) is 5.82 Å². The van der Waals surface area contributed by atoms with Crippen LogP contribution in [0.15, 0.2) is 33.2 Å². The van der Waals surface area contributed by atoms with Crippen LogP contribution < -0.4 is 5.73 Å². The molecule has 0 bridgehead atoms. The first-order valence-corrected chi connectivity index (χ1v) is 7.96. The SMILES string of the molecule is CC1=CCN(S(=O)(=O)c2cc(N)c(Br)cc2F)CC1. The lowest BCUT2D eigenvalue weighted by Crippen LogP contribution is -2.35. The van der Waals surface area contributed by atoms with E-state index in [1.54, 1.807) is 0 Å². The number of hydrogen-bond acceptors (Lipinski definition) is 3. The van der Waals surface area contributed by atoms with Crippen LogP contribution in [0.1, 0.15) is 13.3 Å². The van der Waals surface area contributed by atoms with Gasteiger partial charge in [-0.2, -0.15) is 4.31 Å². The summed E-state index contributed by atoms with van der Waals surface area (Å²) in [6, 6.07) is 2.23. The van der Waals surface area contributed by atoms with E-state index in [0.717, 1.165) is 17.7 Å². The van der Waals surface area contributed by atoms with Crippen LogP contribution in [0.3, 0.4) is 0 Å². The summed E-state index contributed by atoms with van der Waals surface area (Å²) in [5.41, 5.74) is 6.97. The van der Waals surface area contributed by atoms with Crippen molar-refractivity contribution in [2.24, 2.45) is 0 Å². The van der Waals surface area contributed by atoms with Gasteiger partial charge in [-0.05, 0) is 41.4 Å². The number of hydrogen-bond donors (Lipinski definition) is 1. The summed E-state index contributed by atoms with van der Waals surface area (Å²) in [5, 5.41) is 0. The molecule has 0 atom stereocenters. The van der Waals surface area contributed by atoms with Gasteiger partial charge in [0.2, 0.25) is 10.0 Å². The number of halogens is 2. The summed E-state index contributed by atoms with van der Waals surface area (Å²) in [6.07, 6.45) is 2.49. The first kappa shape index (κ1) is 14.5. The van der Waals surface area contributed by atoms with Crippen LogP contribution >= 0.6 is 15.9 Å². The van der Waals surface area contributed by atoms with Crippen molar-refractivity contribution < 1.29 is 12.8 Å². The summed E-state index contributed by atoms with van der Waals surface area (Å²) in [5.74, 6) is -0.799. The van der Waals surface area contributed by atoms with Crippen LogP contribution in [-0.4, -0.2) is 25.8 Å². The number of sulfonamides is 1. The fourth-order valence-electron chi connectivity index (χ4n) is 1.85. The summed E-state index contributed by atoms with van der Waals surface area (Å²) in [7, 11) is -3.84. The van der Waals surface area contributed by atoms with Crippen molar-refractivity contribution in [2.45, 2.75) is 18.2 Å². The van der Waals surface area contributed by atoms with Gasteiger partial charge in [-0.3, -0.25) is 0 Å². The van der Waals surface area contributed by atoms with Crippen molar-refractivity contribution >= 4 is 31.6 Å². The average molecular weight is 349 g/mol. The second kappa shape index (κ2) is 5.22. The van der Waals surface area contributed by atoms with E-state index >= 15 is 0 Å². The molecule has 0 aliphatic carbocycles. The van der Waals surface area contributed by atoms with Gasteiger partial charge < -0.3 is 5.73 Å². The largest absolute Gasteiger partial charge is 0.398 e. The highest BCUT2D eigenvalue weighted by Crippen LogP contribution is 2.29. The Balaban J connectivity index is 2.43. The number of anilines is 1. The molecular formula is C12H14BrFN2O2S. The minimum Gasteiger partial charge on any atom is -0.398 e. The van der Waals surface area contributed by atoms with Crippen LogP contribution in [0.5, 0.6) is 0 Å². The van der Waals surface area contributed by atoms with Crippen molar-refractivity contribution in [3.63, 3.8) is 0 Å². The van der Waals surface area contributed by atoms with Gasteiger partial charge in [0.1, 0.15) is 10.7 Å². The molecule has 0 aromatic heterocycles. The van der Waals surface area contributed by atoms with E-state index < -0.39 is 15.8 Å². The number of nitrogens with two attached hydrogens (primary N) is 1. The minimum absolute atomic E-state index is 0.198. The van der Waals surface area contributed by atoms with Crippen LogP contribution in [0.4, 0.5) is 10.1 Å². The molecule has 2 rings (SSSR count). The second-order valence-corrected chi connectivity index (χ2v) is 7.23. The molecule has 0 radical (unpaired) electrons. The van der Waals surface area contributed by atoms with Gasteiger partial charge in [0.05, 0.1) is 0 Å². The summed E-state index contributed by atoms with van der Waals surface area (Å²) >= 11 is 3.07. The number of nitrogen functional groups attached to an aromatic ring is 1. The van der Waals surface area contributed by atoms with E-state index in [2.05, 4.69) is 15.9 Å². The molecule has 0 saturated carbocycles. The highest BCUT2D eigenvalue weighted by atomic mass is 79.9. The Kier molecular flexibility index (Phi) is 3.98. The predicted octanol–water partition coefficient (Wildman–Crippen LogP) is 2.51. The molecule has 7 heteroatoms. The molecule has 0 unspecified atom stereocenters. The third-order valence-corrected chi connectivity index (χ3v) is 5.63. The Bertz CT molecular complexity index is 643. The van der Waals surface area contributed by atoms with Crippen molar-refractivity contribution in [2.75, 3.05) is 18.8 Å². The predicted molar refractivity (Wildman–Crippen MR) is 75.6 cm³/mol. The van der Waals surface area contributed by atoms with Gasteiger partial charge in [0, 0.05) is 23.2 Å². The summed E-state index contributed by atoms with van der Waals surface area (Å²) in [4.78, 5) is -0.374. The maximum atomic E-state index is 13.9. The second-order valence-electron chi connectivity index (χ2n) is 4.47. The van der Waals surface area contributed by atoms with E-state index in [4.69, 9.17) is 5.73 Å². The fraction of sp³-hybridized carbons (Fsp3) is 0.333. The standard InChI is InChI=1S/C12H14BrFN2O2S/c1-8-2-4-16(5-3-8)19(17,18)12-7-11(15)9(13)6-10(12)14/h2,6-7H,3-5,15H2,1H3. The molecule has 2 N–H and O–H groups in total. The van der Waals surface area contributed by atoms with Gasteiger partial charge in [0.15, 0.2) is 0 Å². The minimum atomic E-state index is -3.84.